The minimum Gasteiger partial charge on any atom is -0.467 e. The number of carbonyl (C=O) groups is 4. The lowest BCUT2D eigenvalue weighted by molar-refractivity contribution is -0.146. The third-order valence-corrected chi connectivity index (χ3v) is 3.49. The first-order chi connectivity index (χ1) is 12.8. The maximum absolute atomic E-state index is 11.8. The summed E-state index contributed by atoms with van der Waals surface area (Å²) in [7, 11) is 1.23. The van der Waals surface area contributed by atoms with Crippen molar-refractivity contribution < 1.29 is 28.7 Å². The Morgan fingerprint density at radius 2 is 1.59 bits per heavy atom. The van der Waals surface area contributed by atoms with Crippen LogP contribution in [0.3, 0.4) is 0 Å². The summed E-state index contributed by atoms with van der Waals surface area (Å²) >= 11 is 0. The lowest BCUT2D eigenvalue weighted by atomic mass is 10.0. The maximum atomic E-state index is 11.8. The largest absolute Gasteiger partial charge is 0.467 e. The third-order valence-electron chi connectivity index (χ3n) is 3.49. The predicted molar refractivity (Wildman–Crippen MR) is 96.4 cm³/mol. The van der Waals surface area contributed by atoms with Gasteiger partial charge in [0.25, 0.3) is 0 Å². The summed E-state index contributed by atoms with van der Waals surface area (Å²) in [6.07, 6.45) is -0.746. The first-order valence-corrected chi connectivity index (χ1v) is 8.42. The molecule has 1 aromatic rings. The zero-order chi connectivity index (χ0) is 20.2. The second-order valence-corrected chi connectivity index (χ2v) is 6.00. The summed E-state index contributed by atoms with van der Waals surface area (Å²) < 4.78 is 9.58. The molecule has 0 saturated carbocycles. The molecule has 148 valence electrons. The van der Waals surface area contributed by atoms with Crippen LogP contribution in [0.5, 0.6) is 0 Å². The van der Waals surface area contributed by atoms with Crippen LogP contribution in [0.2, 0.25) is 0 Å². The number of hydrogen-bond acceptors (Lipinski definition) is 6. The Kier molecular flexibility index (Phi) is 9.35. The van der Waals surface area contributed by atoms with Gasteiger partial charge in [-0.3, -0.25) is 9.59 Å². The molecule has 3 amide bonds. The first kappa shape index (κ1) is 21.9. The fraction of sp³-hybridized carbons (Fsp3) is 0.444. The molecule has 0 bridgehead atoms. The molecule has 1 atom stereocenters. The fourth-order valence-corrected chi connectivity index (χ4v) is 2.02. The molecule has 0 saturated heterocycles. The van der Waals surface area contributed by atoms with E-state index in [1.54, 1.807) is 26.0 Å². The average molecular weight is 379 g/mol. The molecule has 1 aromatic carbocycles. The van der Waals surface area contributed by atoms with Crippen molar-refractivity contribution >= 4 is 23.9 Å². The van der Waals surface area contributed by atoms with Gasteiger partial charge in [0.2, 0.25) is 11.8 Å². The smallest absolute Gasteiger partial charge is 0.407 e. The minimum atomic E-state index is -0.800. The van der Waals surface area contributed by atoms with Crippen LogP contribution < -0.4 is 16.0 Å². The zero-order valence-electron chi connectivity index (χ0n) is 15.6. The lowest BCUT2D eigenvalue weighted by Crippen LogP contribution is -2.49. The highest BCUT2D eigenvalue weighted by atomic mass is 16.5. The van der Waals surface area contributed by atoms with Crippen molar-refractivity contribution in [3.8, 4) is 0 Å². The summed E-state index contributed by atoms with van der Waals surface area (Å²) in [6, 6.07) is 8.29. The van der Waals surface area contributed by atoms with E-state index < -0.39 is 29.9 Å². The number of methoxy groups -OCH3 is 1. The van der Waals surface area contributed by atoms with Crippen molar-refractivity contribution in [3.05, 3.63) is 35.9 Å². The van der Waals surface area contributed by atoms with Crippen molar-refractivity contribution in [2.75, 3.05) is 20.2 Å². The average Bonchev–Trinajstić information content (AvgIpc) is 2.67. The normalized spacial score (nSPS) is 11.3. The molecule has 9 nitrogen and oxygen atoms in total. The van der Waals surface area contributed by atoms with Crippen LogP contribution in [-0.4, -0.2) is 50.1 Å². The van der Waals surface area contributed by atoms with Gasteiger partial charge in [0.05, 0.1) is 13.7 Å². The van der Waals surface area contributed by atoms with Gasteiger partial charge in [0.1, 0.15) is 19.2 Å². The molecule has 0 aliphatic heterocycles. The van der Waals surface area contributed by atoms with Crippen LogP contribution in [0.25, 0.3) is 0 Å². The Balaban J connectivity index is 2.26. The van der Waals surface area contributed by atoms with E-state index in [1.807, 2.05) is 18.2 Å². The highest BCUT2D eigenvalue weighted by Gasteiger charge is 2.24. The highest BCUT2D eigenvalue weighted by molar-refractivity contribution is 5.89. The van der Waals surface area contributed by atoms with Gasteiger partial charge in [0.15, 0.2) is 0 Å². The topological polar surface area (TPSA) is 123 Å². The monoisotopic (exact) mass is 379 g/mol. The van der Waals surface area contributed by atoms with Crippen LogP contribution >= 0.6 is 0 Å². The number of alkyl carbamates (subject to hydrolysis) is 1. The first-order valence-electron chi connectivity index (χ1n) is 8.42. The molecular weight excluding hydrogens is 354 g/mol. The molecule has 0 radical (unpaired) electrons. The van der Waals surface area contributed by atoms with E-state index in [2.05, 4.69) is 20.7 Å². The Hall–Kier alpha value is -3.10. The van der Waals surface area contributed by atoms with E-state index >= 15 is 0 Å². The third kappa shape index (κ3) is 8.70. The molecule has 3 N–H and O–H groups in total. The van der Waals surface area contributed by atoms with Gasteiger partial charge in [-0.1, -0.05) is 44.2 Å². The molecule has 0 heterocycles. The molecule has 0 aromatic heterocycles. The van der Waals surface area contributed by atoms with Crippen molar-refractivity contribution in [2.45, 2.75) is 26.5 Å². The number of rotatable bonds is 9. The van der Waals surface area contributed by atoms with Crippen LogP contribution in [0.4, 0.5) is 4.79 Å². The van der Waals surface area contributed by atoms with Gasteiger partial charge < -0.3 is 25.4 Å². The predicted octanol–water partition coefficient (Wildman–Crippen LogP) is 0.343. The highest BCUT2D eigenvalue weighted by Crippen LogP contribution is 2.03. The SMILES string of the molecule is COC(=O)[C@H](NC(=O)CNC(=O)CNC(=O)OCc1ccccc1)C(C)C. The summed E-state index contributed by atoms with van der Waals surface area (Å²) in [5.41, 5.74) is 0.819. The van der Waals surface area contributed by atoms with Crippen molar-refractivity contribution in [1.82, 2.24) is 16.0 Å². The number of ether oxygens (including phenoxy) is 2. The standard InChI is InChI=1S/C18H25N3O6/c1-12(2)16(17(24)26-3)21-15(23)10-19-14(22)9-20-18(25)27-11-13-7-5-4-6-8-13/h4-8,12,16H,9-11H2,1-3H3,(H,19,22)(H,20,25)(H,21,23)/t16-/m1/s1. The molecular formula is C18H25N3O6. The number of esters is 1. The number of benzene rings is 1. The fourth-order valence-electron chi connectivity index (χ4n) is 2.02. The molecule has 0 unspecified atom stereocenters. The molecule has 0 fully saturated rings. The second kappa shape index (κ2) is 11.5. The molecule has 0 aliphatic rings. The van der Waals surface area contributed by atoms with Gasteiger partial charge >= 0.3 is 12.1 Å². The Morgan fingerprint density at radius 1 is 0.963 bits per heavy atom. The number of hydrogen-bond donors (Lipinski definition) is 3. The zero-order valence-corrected chi connectivity index (χ0v) is 15.6. The van der Waals surface area contributed by atoms with Crippen LogP contribution in [0.1, 0.15) is 19.4 Å². The summed E-state index contributed by atoms with van der Waals surface area (Å²) in [5.74, 6) is -1.84. The van der Waals surface area contributed by atoms with Gasteiger partial charge in [-0.2, -0.15) is 0 Å². The number of nitrogens with one attached hydrogen (secondary N) is 3. The van der Waals surface area contributed by atoms with Crippen molar-refractivity contribution in [2.24, 2.45) is 5.92 Å². The quantitative estimate of drug-likeness (QED) is 0.532. The van der Waals surface area contributed by atoms with E-state index in [0.717, 1.165) is 5.56 Å². The molecule has 27 heavy (non-hydrogen) atoms. The number of amides is 3. The van der Waals surface area contributed by atoms with E-state index in [1.165, 1.54) is 7.11 Å². The van der Waals surface area contributed by atoms with E-state index in [0.29, 0.717) is 0 Å². The summed E-state index contributed by atoms with van der Waals surface area (Å²) in [4.78, 5) is 46.6. The van der Waals surface area contributed by atoms with Gasteiger partial charge in [-0.15, -0.1) is 0 Å². The molecule has 1 rings (SSSR count). The van der Waals surface area contributed by atoms with Crippen LogP contribution in [0.15, 0.2) is 30.3 Å². The maximum Gasteiger partial charge on any atom is 0.407 e. The van der Waals surface area contributed by atoms with Crippen molar-refractivity contribution in [1.29, 1.82) is 0 Å². The molecule has 0 aliphatic carbocycles. The Labute approximate surface area is 157 Å². The molecule has 0 spiro atoms. The van der Waals surface area contributed by atoms with E-state index in [9.17, 15) is 19.2 Å². The Morgan fingerprint density at radius 3 is 2.19 bits per heavy atom. The second-order valence-electron chi connectivity index (χ2n) is 6.00. The number of carbonyl (C=O) groups excluding carboxylic acids is 4. The minimum absolute atomic E-state index is 0.0841. The van der Waals surface area contributed by atoms with Crippen LogP contribution in [-0.2, 0) is 30.5 Å². The van der Waals surface area contributed by atoms with E-state index in [4.69, 9.17) is 4.74 Å². The van der Waals surface area contributed by atoms with Gasteiger partial charge in [0, 0.05) is 0 Å². The summed E-state index contributed by atoms with van der Waals surface area (Å²) in [6.45, 7) is 2.92. The summed E-state index contributed by atoms with van der Waals surface area (Å²) in [5, 5.41) is 7.11. The van der Waals surface area contributed by atoms with Crippen LogP contribution in [0, 0.1) is 5.92 Å². The molecule has 9 heteroatoms. The van der Waals surface area contributed by atoms with Gasteiger partial charge in [-0.05, 0) is 11.5 Å². The lowest BCUT2D eigenvalue weighted by Gasteiger charge is -2.19. The van der Waals surface area contributed by atoms with Crippen molar-refractivity contribution in [3.63, 3.8) is 0 Å². The van der Waals surface area contributed by atoms with E-state index in [-0.39, 0.29) is 25.6 Å². The van der Waals surface area contributed by atoms with Gasteiger partial charge in [-0.25, -0.2) is 9.59 Å². The Bertz CT molecular complexity index is 648.